The first kappa shape index (κ1) is 10.8. The fourth-order valence-corrected chi connectivity index (χ4v) is 5.05. The van der Waals surface area contributed by atoms with Gasteiger partial charge in [-0.05, 0) is 62.1 Å². The van der Waals surface area contributed by atoms with Crippen molar-refractivity contribution in [3.05, 3.63) is 0 Å². The van der Waals surface area contributed by atoms with E-state index in [-0.39, 0.29) is 16.9 Å². The number of halogens is 1. The molecule has 4 fully saturated rings. The van der Waals surface area contributed by atoms with E-state index in [0.717, 1.165) is 32.1 Å². The Morgan fingerprint density at radius 2 is 1.94 bits per heavy atom. The van der Waals surface area contributed by atoms with Gasteiger partial charge in [-0.2, -0.15) is 0 Å². The van der Waals surface area contributed by atoms with Crippen LogP contribution in [0.1, 0.15) is 38.5 Å². The first-order chi connectivity index (χ1) is 7.61. The fraction of sp³-hybridized carbons (Fsp3) is 0.917. The Bertz CT molecular complexity index is 317. The minimum Gasteiger partial charge on any atom is -0.469 e. The van der Waals surface area contributed by atoms with Crippen LogP contribution in [0.4, 0.5) is 0 Å². The molecule has 0 radical (unpaired) electrons. The summed E-state index contributed by atoms with van der Waals surface area (Å²) in [4.78, 5) is 15.0. The van der Waals surface area contributed by atoms with E-state index in [1.807, 2.05) is 0 Å². The van der Waals surface area contributed by atoms with E-state index in [2.05, 4.69) is 4.84 Å². The van der Waals surface area contributed by atoms with Crippen LogP contribution in [0.2, 0.25) is 0 Å². The molecule has 0 aliphatic heterocycles. The van der Waals surface area contributed by atoms with Crippen molar-refractivity contribution in [1.82, 2.24) is 4.84 Å². The molecule has 0 amide bonds. The highest BCUT2D eigenvalue weighted by Crippen LogP contribution is 2.62. The molecule has 4 aliphatic carbocycles. The minimum absolute atomic E-state index is 0.000170. The molecule has 0 aromatic rings. The van der Waals surface area contributed by atoms with Crippen LogP contribution in [0.3, 0.4) is 0 Å². The zero-order valence-electron chi connectivity index (χ0n) is 9.59. The summed E-state index contributed by atoms with van der Waals surface area (Å²) in [7, 11) is 1.50. The van der Waals surface area contributed by atoms with E-state index in [4.69, 9.17) is 16.5 Å². The summed E-state index contributed by atoms with van der Waals surface area (Å²) in [6.07, 6.45) is 6.42. The summed E-state index contributed by atoms with van der Waals surface area (Å²) in [6.45, 7) is 0. The van der Waals surface area contributed by atoms with Crippen LogP contribution in [0, 0.1) is 17.3 Å². The molecule has 4 heteroatoms. The number of esters is 1. The number of methoxy groups -OCH3 is 1. The lowest BCUT2D eigenvalue weighted by Crippen LogP contribution is -2.62. The molecule has 0 spiro atoms. The number of hydrogen-bond donors (Lipinski definition) is 1. The van der Waals surface area contributed by atoms with Gasteiger partial charge in [0, 0.05) is 5.54 Å². The average molecular weight is 244 g/mol. The van der Waals surface area contributed by atoms with E-state index in [9.17, 15) is 4.79 Å². The first-order valence-electron chi connectivity index (χ1n) is 6.08. The molecule has 2 unspecified atom stereocenters. The molecule has 3 nitrogen and oxygen atoms in total. The molecular formula is C12H18ClNO2. The third-order valence-electron chi connectivity index (χ3n) is 4.88. The summed E-state index contributed by atoms with van der Waals surface area (Å²) < 4.78 is 5.01. The normalized spacial score (nSPS) is 49.4. The van der Waals surface area contributed by atoms with Crippen molar-refractivity contribution in [3.63, 3.8) is 0 Å². The highest BCUT2D eigenvalue weighted by Gasteiger charge is 2.61. The maximum Gasteiger partial charge on any atom is 0.311 e. The smallest absolute Gasteiger partial charge is 0.311 e. The summed E-state index contributed by atoms with van der Waals surface area (Å²) in [5.41, 5.74) is -0.236. The van der Waals surface area contributed by atoms with Crippen molar-refractivity contribution in [2.75, 3.05) is 7.11 Å². The van der Waals surface area contributed by atoms with Gasteiger partial charge in [0.25, 0.3) is 0 Å². The molecule has 90 valence electrons. The van der Waals surface area contributed by atoms with Crippen molar-refractivity contribution in [3.8, 4) is 0 Å². The molecule has 1 N–H and O–H groups in total. The predicted octanol–water partition coefficient (Wildman–Crippen LogP) is 2.24. The first-order valence-corrected chi connectivity index (χ1v) is 6.45. The zero-order valence-corrected chi connectivity index (χ0v) is 10.3. The molecule has 4 aliphatic rings. The van der Waals surface area contributed by atoms with Gasteiger partial charge in [0.2, 0.25) is 0 Å². The van der Waals surface area contributed by atoms with Crippen molar-refractivity contribution in [2.24, 2.45) is 17.3 Å². The van der Waals surface area contributed by atoms with E-state index >= 15 is 0 Å². The average Bonchev–Trinajstić information content (AvgIpc) is 2.26. The van der Waals surface area contributed by atoms with Crippen LogP contribution in [-0.4, -0.2) is 18.6 Å². The Kier molecular flexibility index (Phi) is 2.28. The number of rotatable bonds is 2. The maximum absolute atomic E-state index is 12.0. The summed E-state index contributed by atoms with van der Waals surface area (Å²) >= 11 is 5.93. The monoisotopic (exact) mass is 243 g/mol. The Hall–Kier alpha value is -0.280. The van der Waals surface area contributed by atoms with Crippen LogP contribution in [0.5, 0.6) is 0 Å². The molecule has 0 aromatic heterocycles. The third kappa shape index (κ3) is 1.34. The number of nitrogens with one attached hydrogen (secondary N) is 1. The largest absolute Gasteiger partial charge is 0.469 e. The van der Waals surface area contributed by atoms with Crippen LogP contribution in [-0.2, 0) is 9.53 Å². The fourth-order valence-electron chi connectivity index (χ4n) is 4.83. The number of carbonyl (C=O) groups is 1. The summed E-state index contributed by atoms with van der Waals surface area (Å²) in [5, 5.41) is 0. The van der Waals surface area contributed by atoms with E-state index in [1.165, 1.54) is 13.5 Å². The SMILES string of the molecule is COC(=O)C12CC3CC(CC(NCl)(C3)C1)C2. The van der Waals surface area contributed by atoms with Gasteiger partial charge in [0.15, 0.2) is 0 Å². The topological polar surface area (TPSA) is 38.3 Å². The lowest BCUT2D eigenvalue weighted by atomic mass is 9.47. The highest BCUT2D eigenvalue weighted by molar-refractivity contribution is 6.14. The lowest BCUT2D eigenvalue weighted by Gasteiger charge is -2.60. The maximum atomic E-state index is 12.0. The van der Waals surface area contributed by atoms with Crippen LogP contribution >= 0.6 is 11.8 Å². The number of carbonyl (C=O) groups excluding carboxylic acids is 1. The predicted molar refractivity (Wildman–Crippen MR) is 60.9 cm³/mol. The van der Waals surface area contributed by atoms with Gasteiger partial charge in [-0.15, -0.1) is 0 Å². The van der Waals surface area contributed by atoms with Gasteiger partial charge >= 0.3 is 5.97 Å². The van der Waals surface area contributed by atoms with Crippen LogP contribution < -0.4 is 4.84 Å². The zero-order chi connectivity index (χ0) is 11.4. The van der Waals surface area contributed by atoms with Gasteiger partial charge in [-0.25, -0.2) is 4.84 Å². The molecule has 0 heterocycles. The Labute approximate surface area is 101 Å². The number of ether oxygens (including phenoxy) is 1. The van der Waals surface area contributed by atoms with E-state index in [1.54, 1.807) is 0 Å². The molecule has 16 heavy (non-hydrogen) atoms. The van der Waals surface area contributed by atoms with Gasteiger partial charge in [0.05, 0.1) is 12.5 Å². The molecular weight excluding hydrogens is 226 g/mol. The Morgan fingerprint density at radius 1 is 1.31 bits per heavy atom. The summed E-state index contributed by atoms with van der Waals surface area (Å²) in [5.74, 6) is 1.30. The quantitative estimate of drug-likeness (QED) is 0.597. The molecule has 2 atom stereocenters. The molecule has 4 rings (SSSR count). The second-order valence-corrected chi connectivity index (χ2v) is 6.30. The van der Waals surface area contributed by atoms with Gasteiger partial charge in [0.1, 0.15) is 0 Å². The molecule has 0 saturated heterocycles. The molecule has 4 bridgehead atoms. The van der Waals surface area contributed by atoms with Gasteiger partial charge < -0.3 is 4.74 Å². The number of hydrogen-bond acceptors (Lipinski definition) is 3. The van der Waals surface area contributed by atoms with Crippen molar-refractivity contribution >= 4 is 17.7 Å². The second kappa shape index (κ2) is 3.36. The molecule has 0 aromatic carbocycles. The lowest BCUT2D eigenvalue weighted by molar-refractivity contribution is -0.171. The Balaban J connectivity index is 1.95. The van der Waals surface area contributed by atoms with E-state index in [0.29, 0.717) is 11.8 Å². The Morgan fingerprint density at radius 3 is 2.44 bits per heavy atom. The second-order valence-electron chi connectivity index (χ2n) is 6.11. The van der Waals surface area contributed by atoms with Crippen molar-refractivity contribution < 1.29 is 9.53 Å². The third-order valence-corrected chi connectivity index (χ3v) is 5.28. The van der Waals surface area contributed by atoms with Crippen molar-refractivity contribution in [1.29, 1.82) is 0 Å². The highest BCUT2D eigenvalue weighted by atomic mass is 35.5. The van der Waals surface area contributed by atoms with E-state index < -0.39 is 0 Å². The van der Waals surface area contributed by atoms with Crippen LogP contribution in [0.15, 0.2) is 0 Å². The van der Waals surface area contributed by atoms with Crippen molar-refractivity contribution in [2.45, 2.75) is 44.1 Å². The van der Waals surface area contributed by atoms with Crippen LogP contribution in [0.25, 0.3) is 0 Å². The van der Waals surface area contributed by atoms with Gasteiger partial charge in [-0.3, -0.25) is 4.79 Å². The minimum atomic E-state index is -0.235. The molecule has 4 saturated carbocycles. The summed E-state index contributed by atoms with van der Waals surface area (Å²) in [6, 6.07) is 0. The standard InChI is InChI=1S/C12H18ClNO2/c1-16-10(15)11-3-8-2-9(4-11)6-12(5-8,7-11)14-13/h8-9,14H,2-7H2,1H3. The van der Waals surface area contributed by atoms with Gasteiger partial charge in [-0.1, -0.05) is 0 Å².